The Labute approximate surface area is 124 Å². The number of ether oxygens (including phenoxy) is 1. The van der Waals surface area contributed by atoms with Crippen molar-refractivity contribution >= 4 is 28.8 Å². The minimum Gasteiger partial charge on any atom is -0.491 e. The predicted molar refractivity (Wildman–Crippen MR) is 88.1 cm³/mol. The lowest BCUT2D eigenvalue weighted by Gasteiger charge is -2.12. The molecule has 0 atom stereocenters. The SMILES string of the molecule is CCCOc1cc(Nc2ccc(SC)cc2)ccc1N. The number of nitrogens with one attached hydrogen (secondary N) is 1. The van der Waals surface area contributed by atoms with E-state index >= 15 is 0 Å². The van der Waals surface area contributed by atoms with Gasteiger partial charge >= 0.3 is 0 Å². The highest BCUT2D eigenvalue weighted by molar-refractivity contribution is 7.98. The highest BCUT2D eigenvalue weighted by Crippen LogP contribution is 2.28. The molecule has 0 aliphatic carbocycles. The molecular weight excluding hydrogens is 268 g/mol. The zero-order chi connectivity index (χ0) is 14.4. The van der Waals surface area contributed by atoms with Crippen LogP contribution in [0.4, 0.5) is 17.1 Å². The molecule has 0 aliphatic rings. The van der Waals surface area contributed by atoms with E-state index in [-0.39, 0.29) is 0 Å². The Balaban J connectivity index is 2.11. The molecule has 0 bridgehead atoms. The number of hydrogen-bond donors (Lipinski definition) is 2. The third-order valence-electron chi connectivity index (χ3n) is 2.85. The summed E-state index contributed by atoms with van der Waals surface area (Å²) in [5.41, 5.74) is 8.60. The average Bonchev–Trinajstić information content (AvgIpc) is 2.48. The summed E-state index contributed by atoms with van der Waals surface area (Å²) in [5.74, 6) is 0.734. The first-order valence-electron chi connectivity index (χ1n) is 6.66. The summed E-state index contributed by atoms with van der Waals surface area (Å²) in [6.07, 6.45) is 3.03. The first kappa shape index (κ1) is 14.6. The Kier molecular flexibility index (Phi) is 5.18. The molecule has 2 rings (SSSR count). The van der Waals surface area contributed by atoms with Crippen LogP contribution in [0.25, 0.3) is 0 Å². The van der Waals surface area contributed by atoms with Crippen molar-refractivity contribution in [2.75, 3.05) is 23.9 Å². The molecule has 0 aromatic heterocycles. The number of nitrogens with two attached hydrogens (primary N) is 1. The number of rotatable bonds is 6. The van der Waals surface area contributed by atoms with Gasteiger partial charge in [0.1, 0.15) is 5.75 Å². The Hall–Kier alpha value is -1.81. The average molecular weight is 288 g/mol. The van der Waals surface area contributed by atoms with Crippen LogP contribution in [0.1, 0.15) is 13.3 Å². The molecule has 20 heavy (non-hydrogen) atoms. The van der Waals surface area contributed by atoms with Gasteiger partial charge in [-0.1, -0.05) is 6.92 Å². The maximum atomic E-state index is 5.91. The number of anilines is 3. The second-order valence-electron chi connectivity index (χ2n) is 4.45. The topological polar surface area (TPSA) is 47.3 Å². The minimum absolute atomic E-state index is 0.668. The number of nitrogen functional groups attached to an aromatic ring is 1. The summed E-state index contributed by atoms with van der Waals surface area (Å²) >= 11 is 1.73. The third-order valence-corrected chi connectivity index (χ3v) is 3.60. The van der Waals surface area contributed by atoms with Crippen molar-refractivity contribution in [1.29, 1.82) is 0 Å². The van der Waals surface area contributed by atoms with E-state index in [0.29, 0.717) is 12.3 Å². The van der Waals surface area contributed by atoms with Crippen molar-refractivity contribution in [3.8, 4) is 5.75 Å². The molecule has 0 fully saturated rings. The molecule has 2 aromatic carbocycles. The van der Waals surface area contributed by atoms with Gasteiger partial charge in [0.25, 0.3) is 0 Å². The Morgan fingerprint density at radius 3 is 2.45 bits per heavy atom. The van der Waals surface area contributed by atoms with Crippen LogP contribution in [0.5, 0.6) is 5.75 Å². The van der Waals surface area contributed by atoms with E-state index in [0.717, 1.165) is 23.5 Å². The molecule has 4 heteroatoms. The lowest BCUT2D eigenvalue weighted by atomic mass is 10.2. The van der Waals surface area contributed by atoms with Gasteiger partial charge in [-0.2, -0.15) is 0 Å². The molecule has 0 heterocycles. The van der Waals surface area contributed by atoms with Crippen LogP contribution in [0.2, 0.25) is 0 Å². The zero-order valence-corrected chi connectivity index (χ0v) is 12.7. The molecule has 3 N–H and O–H groups in total. The van der Waals surface area contributed by atoms with Gasteiger partial charge in [0.2, 0.25) is 0 Å². The molecule has 0 saturated heterocycles. The van der Waals surface area contributed by atoms with Crippen LogP contribution in [-0.4, -0.2) is 12.9 Å². The maximum absolute atomic E-state index is 5.91. The van der Waals surface area contributed by atoms with E-state index < -0.39 is 0 Å². The van der Waals surface area contributed by atoms with Crippen LogP contribution in [0.3, 0.4) is 0 Å². The van der Waals surface area contributed by atoms with Gasteiger partial charge in [-0.05, 0) is 49.1 Å². The van der Waals surface area contributed by atoms with Gasteiger partial charge < -0.3 is 15.8 Å². The summed E-state index contributed by atoms with van der Waals surface area (Å²) in [5, 5.41) is 3.35. The fourth-order valence-electron chi connectivity index (χ4n) is 1.79. The fourth-order valence-corrected chi connectivity index (χ4v) is 2.20. The van der Waals surface area contributed by atoms with E-state index in [1.807, 2.05) is 18.2 Å². The number of thioether (sulfide) groups is 1. The van der Waals surface area contributed by atoms with Gasteiger partial charge in [0, 0.05) is 22.3 Å². The second kappa shape index (κ2) is 7.10. The second-order valence-corrected chi connectivity index (χ2v) is 5.33. The lowest BCUT2D eigenvalue weighted by molar-refractivity contribution is 0.319. The van der Waals surface area contributed by atoms with Crippen LogP contribution in [-0.2, 0) is 0 Å². The molecule has 0 spiro atoms. The van der Waals surface area contributed by atoms with Gasteiger partial charge in [0.05, 0.1) is 12.3 Å². The van der Waals surface area contributed by atoms with Crippen LogP contribution < -0.4 is 15.8 Å². The van der Waals surface area contributed by atoms with E-state index in [2.05, 4.69) is 42.8 Å². The third kappa shape index (κ3) is 3.84. The molecule has 0 aliphatic heterocycles. The highest BCUT2D eigenvalue weighted by atomic mass is 32.2. The van der Waals surface area contributed by atoms with E-state index in [1.54, 1.807) is 11.8 Å². The largest absolute Gasteiger partial charge is 0.491 e. The smallest absolute Gasteiger partial charge is 0.144 e. The molecule has 106 valence electrons. The van der Waals surface area contributed by atoms with Crippen molar-refractivity contribution in [1.82, 2.24) is 0 Å². The Morgan fingerprint density at radius 1 is 1.10 bits per heavy atom. The lowest BCUT2D eigenvalue weighted by Crippen LogP contribution is -2.00. The first-order valence-corrected chi connectivity index (χ1v) is 7.89. The monoisotopic (exact) mass is 288 g/mol. The van der Waals surface area contributed by atoms with Crippen molar-refractivity contribution in [3.63, 3.8) is 0 Å². The summed E-state index contributed by atoms with van der Waals surface area (Å²) < 4.78 is 5.63. The van der Waals surface area contributed by atoms with Crippen LogP contribution >= 0.6 is 11.8 Å². The fraction of sp³-hybridized carbons (Fsp3) is 0.250. The Morgan fingerprint density at radius 2 is 1.80 bits per heavy atom. The molecule has 0 amide bonds. The van der Waals surface area contributed by atoms with Crippen molar-refractivity contribution < 1.29 is 4.74 Å². The van der Waals surface area contributed by atoms with Crippen LogP contribution in [0.15, 0.2) is 47.4 Å². The van der Waals surface area contributed by atoms with E-state index in [9.17, 15) is 0 Å². The standard InChI is InChI=1S/C16H20N2OS/c1-3-10-19-16-11-13(6-9-15(16)17)18-12-4-7-14(20-2)8-5-12/h4-9,11,18H,3,10,17H2,1-2H3. The summed E-state index contributed by atoms with van der Waals surface area (Å²) in [7, 11) is 0. The maximum Gasteiger partial charge on any atom is 0.144 e. The zero-order valence-electron chi connectivity index (χ0n) is 11.8. The molecule has 0 unspecified atom stereocenters. The minimum atomic E-state index is 0.668. The van der Waals surface area contributed by atoms with Gasteiger partial charge in [-0.3, -0.25) is 0 Å². The number of benzene rings is 2. The summed E-state index contributed by atoms with van der Waals surface area (Å²) in [6.45, 7) is 2.75. The summed E-state index contributed by atoms with van der Waals surface area (Å²) in [6, 6.07) is 14.1. The summed E-state index contributed by atoms with van der Waals surface area (Å²) in [4.78, 5) is 1.25. The first-order chi connectivity index (χ1) is 9.72. The van der Waals surface area contributed by atoms with Crippen molar-refractivity contribution in [2.24, 2.45) is 0 Å². The highest BCUT2D eigenvalue weighted by Gasteiger charge is 2.03. The van der Waals surface area contributed by atoms with Crippen molar-refractivity contribution in [3.05, 3.63) is 42.5 Å². The van der Waals surface area contributed by atoms with Crippen molar-refractivity contribution in [2.45, 2.75) is 18.2 Å². The molecule has 2 aromatic rings. The quantitative estimate of drug-likeness (QED) is 0.606. The van der Waals surface area contributed by atoms with E-state index in [4.69, 9.17) is 10.5 Å². The molecular formula is C16H20N2OS. The van der Waals surface area contributed by atoms with Gasteiger partial charge in [-0.25, -0.2) is 0 Å². The van der Waals surface area contributed by atoms with E-state index in [1.165, 1.54) is 4.90 Å². The molecule has 0 radical (unpaired) electrons. The predicted octanol–water partition coefficient (Wildman–Crippen LogP) is 4.52. The normalized spacial score (nSPS) is 10.3. The number of hydrogen-bond acceptors (Lipinski definition) is 4. The molecule has 0 saturated carbocycles. The van der Waals surface area contributed by atoms with Crippen LogP contribution in [0, 0.1) is 0 Å². The van der Waals surface area contributed by atoms with Gasteiger partial charge in [-0.15, -0.1) is 11.8 Å². The van der Waals surface area contributed by atoms with Gasteiger partial charge in [0.15, 0.2) is 0 Å². The molecule has 3 nitrogen and oxygen atoms in total. The Bertz CT molecular complexity index is 555.